The van der Waals surface area contributed by atoms with Crippen LogP contribution in [0.15, 0.2) is 30.3 Å². The number of pyridine rings is 1. The Morgan fingerprint density at radius 2 is 2.00 bits per heavy atom. The minimum absolute atomic E-state index is 0. The fraction of sp³-hybridized carbons (Fsp3) is 0. The minimum Gasteiger partial charge on any atom is -0.382 e. The fourth-order valence-corrected chi connectivity index (χ4v) is 1.56. The van der Waals surface area contributed by atoms with E-state index >= 15 is 0 Å². The smallest absolute Gasteiger partial charge is 0.141 e. The molecule has 3 nitrogen and oxygen atoms in total. The van der Waals surface area contributed by atoms with Crippen LogP contribution in [0.25, 0.3) is 10.8 Å². The molecule has 0 unspecified atom stereocenters. The number of hydrogen-bond donors (Lipinski definition) is 2. The maximum Gasteiger partial charge on any atom is 0.141 e. The van der Waals surface area contributed by atoms with E-state index in [0.717, 1.165) is 10.8 Å². The third-order valence-electron chi connectivity index (χ3n) is 1.97. The molecule has 5 heteroatoms. The average Bonchev–Trinajstić information content (AvgIpc) is 2.17. The summed E-state index contributed by atoms with van der Waals surface area (Å²) in [7, 11) is 0. The molecule has 3 N–H and O–H groups in total. The maximum absolute atomic E-state index is 7.26. The molecular formula is C10H9Cl2N3. The Balaban J connectivity index is 0.00000112. The van der Waals surface area contributed by atoms with Crippen LogP contribution in [-0.4, -0.2) is 10.8 Å². The van der Waals surface area contributed by atoms with E-state index in [1.54, 1.807) is 6.07 Å². The lowest BCUT2D eigenvalue weighted by Gasteiger charge is -2.02. The number of nitrogen functional groups attached to an aromatic ring is 1. The van der Waals surface area contributed by atoms with E-state index < -0.39 is 0 Å². The van der Waals surface area contributed by atoms with E-state index in [4.69, 9.17) is 22.7 Å². The summed E-state index contributed by atoms with van der Waals surface area (Å²) in [6.45, 7) is 0. The first-order valence-corrected chi connectivity index (χ1v) is 4.46. The number of nitrogens with two attached hydrogens (primary N) is 1. The Morgan fingerprint density at radius 3 is 2.67 bits per heavy atom. The van der Waals surface area contributed by atoms with Crippen LogP contribution in [0.4, 0.5) is 0 Å². The van der Waals surface area contributed by atoms with Crippen molar-refractivity contribution < 1.29 is 0 Å². The predicted octanol–water partition coefficient (Wildman–Crippen LogP) is 2.59. The van der Waals surface area contributed by atoms with Crippen LogP contribution in [0.2, 0.25) is 5.15 Å². The molecule has 0 aliphatic carbocycles. The van der Waals surface area contributed by atoms with E-state index in [1.165, 1.54) is 0 Å². The van der Waals surface area contributed by atoms with Crippen molar-refractivity contribution in [3.05, 3.63) is 41.2 Å². The highest BCUT2D eigenvalue weighted by molar-refractivity contribution is 6.34. The molecule has 1 heterocycles. The Morgan fingerprint density at radius 1 is 1.33 bits per heavy atom. The number of halogens is 2. The zero-order chi connectivity index (χ0) is 10.1. The van der Waals surface area contributed by atoms with Crippen LogP contribution in [0, 0.1) is 5.41 Å². The second kappa shape index (κ2) is 4.47. The Bertz CT molecular complexity index is 511. The van der Waals surface area contributed by atoms with Gasteiger partial charge in [0.25, 0.3) is 0 Å². The van der Waals surface area contributed by atoms with Gasteiger partial charge in [-0.25, -0.2) is 4.98 Å². The van der Waals surface area contributed by atoms with Gasteiger partial charge < -0.3 is 5.73 Å². The number of amidine groups is 1. The van der Waals surface area contributed by atoms with Crippen LogP contribution in [-0.2, 0) is 0 Å². The standard InChI is InChI=1S/C10H8ClN3.ClH/c11-9-7-4-2-1-3-6(7)5-8(14-9)10(12)13;/h1-5H,(H3,12,13);1H. The molecule has 2 rings (SSSR count). The quantitative estimate of drug-likeness (QED) is 0.458. The Kier molecular flexibility index (Phi) is 3.50. The van der Waals surface area contributed by atoms with Crippen molar-refractivity contribution in [2.75, 3.05) is 0 Å². The molecule has 1 aromatic carbocycles. The largest absolute Gasteiger partial charge is 0.382 e. The van der Waals surface area contributed by atoms with Crippen LogP contribution >= 0.6 is 24.0 Å². The lowest BCUT2D eigenvalue weighted by molar-refractivity contribution is 1.28. The zero-order valence-electron chi connectivity index (χ0n) is 7.70. The van der Waals surface area contributed by atoms with Crippen molar-refractivity contribution in [1.29, 1.82) is 5.41 Å². The molecule has 0 saturated carbocycles. The molecule has 0 aliphatic rings. The van der Waals surface area contributed by atoms with Gasteiger partial charge in [0.2, 0.25) is 0 Å². The van der Waals surface area contributed by atoms with Gasteiger partial charge in [-0.3, -0.25) is 5.41 Å². The highest BCUT2D eigenvalue weighted by Crippen LogP contribution is 2.21. The summed E-state index contributed by atoms with van der Waals surface area (Å²) in [6.07, 6.45) is 0. The monoisotopic (exact) mass is 241 g/mol. The number of hydrogen-bond acceptors (Lipinski definition) is 2. The van der Waals surface area contributed by atoms with Crippen molar-refractivity contribution in [1.82, 2.24) is 4.98 Å². The molecule has 0 fully saturated rings. The van der Waals surface area contributed by atoms with E-state index in [-0.39, 0.29) is 18.2 Å². The van der Waals surface area contributed by atoms with Gasteiger partial charge in [-0.1, -0.05) is 35.9 Å². The number of fused-ring (bicyclic) bond motifs is 1. The second-order valence-electron chi connectivity index (χ2n) is 2.93. The number of aromatic nitrogens is 1. The lowest BCUT2D eigenvalue weighted by atomic mass is 10.1. The number of benzene rings is 1. The topological polar surface area (TPSA) is 62.8 Å². The summed E-state index contributed by atoms with van der Waals surface area (Å²) in [5.74, 6) is -0.0716. The number of rotatable bonds is 1. The maximum atomic E-state index is 7.26. The van der Waals surface area contributed by atoms with Crippen molar-refractivity contribution >= 4 is 40.6 Å². The van der Waals surface area contributed by atoms with Gasteiger partial charge in [0.15, 0.2) is 0 Å². The SMILES string of the molecule is Cl.N=C(N)c1cc2ccccc2c(Cl)n1. The van der Waals surface area contributed by atoms with Gasteiger partial charge in [-0.05, 0) is 11.5 Å². The van der Waals surface area contributed by atoms with Crippen LogP contribution in [0.3, 0.4) is 0 Å². The van der Waals surface area contributed by atoms with Crippen LogP contribution < -0.4 is 5.73 Å². The third kappa shape index (κ3) is 2.19. The first-order chi connectivity index (χ1) is 6.68. The van der Waals surface area contributed by atoms with Gasteiger partial charge in [0.1, 0.15) is 16.7 Å². The molecule has 0 bridgehead atoms. The summed E-state index contributed by atoms with van der Waals surface area (Å²) >= 11 is 5.94. The molecule has 0 atom stereocenters. The molecule has 0 aliphatic heterocycles. The second-order valence-corrected chi connectivity index (χ2v) is 3.29. The third-order valence-corrected chi connectivity index (χ3v) is 2.26. The summed E-state index contributed by atoms with van der Waals surface area (Å²) in [4.78, 5) is 4.02. The molecular weight excluding hydrogens is 233 g/mol. The molecule has 0 saturated heterocycles. The average molecular weight is 242 g/mol. The Hall–Kier alpha value is -1.32. The van der Waals surface area contributed by atoms with E-state index in [9.17, 15) is 0 Å². The highest BCUT2D eigenvalue weighted by atomic mass is 35.5. The summed E-state index contributed by atoms with van der Waals surface area (Å²) in [5.41, 5.74) is 5.75. The number of nitrogens with one attached hydrogen (secondary N) is 1. The van der Waals surface area contributed by atoms with Gasteiger partial charge in [-0.15, -0.1) is 12.4 Å². The summed E-state index contributed by atoms with van der Waals surface area (Å²) in [5, 5.41) is 9.46. The molecule has 0 spiro atoms. The van der Waals surface area contributed by atoms with E-state index in [0.29, 0.717) is 10.8 Å². The highest BCUT2D eigenvalue weighted by Gasteiger charge is 2.04. The number of nitrogens with zero attached hydrogens (tertiary/aromatic N) is 1. The molecule has 15 heavy (non-hydrogen) atoms. The van der Waals surface area contributed by atoms with Crippen LogP contribution in [0.5, 0.6) is 0 Å². The molecule has 1 aromatic heterocycles. The molecule has 0 amide bonds. The van der Waals surface area contributed by atoms with Gasteiger partial charge >= 0.3 is 0 Å². The van der Waals surface area contributed by atoms with Crippen molar-refractivity contribution in [2.24, 2.45) is 5.73 Å². The lowest BCUT2D eigenvalue weighted by Crippen LogP contribution is -2.13. The van der Waals surface area contributed by atoms with Crippen molar-refractivity contribution in [2.45, 2.75) is 0 Å². The first-order valence-electron chi connectivity index (χ1n) is 4.08. The van der Waals surface area contributed by atoms with Gasteiger partial charge in [0, 0.05) is 5.39 Å². The summed E-state index contributed by atoms with van der Waals surface area (Å²) < 4.78 is 0. The van der Waals surface area contributed by atoms with Gasteiger partial charge in [-0.2, -0.15) is 0 Å². The first kappa shape index (κ1) is 11.8. The summed E-state index contributed by atoms with van der Waals surface area (Å²) in [6, 6.07) is 9.35. The van der Waals surface area contributed by atoms with E-state index in [2.05, 4.69) is 4.98 Å². The normalized spacial score (nSPS) is 9.67. The zero-order valence-corrected chi connectivity index (χ0v) is 9.27. The Labute approximate surface area is 98.2 Å². The van der Waals surface area contributed by atoms with Crippen molar-refractivity contribution in [3.63, 3.8) is 0 Å². The molecule has 78 valence electrons. The molecule has 2 aromatic rings. The van der Waals surface area contributed by atoms with Crippen molar-refractivity contribution in [3.8, 4) is 0 Å². The molecule has 0 radical (unpaired) electrons. The van der Waals surface area contributed by atoms with Gasteiger partial charge in [0.05, 0.1) is 0 Å². The minimum atomic E-state index is -0.0716. The van der Waals surface area contributed by atoms with E-state index in [1.807, 2.05) is 24.3 Å². The van der Waals surface area contributed by atoms with Crippen LogP contribution in [0.1, 0.15) is 5.69 Å². The predicted molar refractivity (Wildman–Crippen MR) is 65.0 cm³/mol. The fourth-order valence-electron chi connectivity index (χ4n) is 1.29.